The normalized spacial score (nSPS) is 19.8. The zero-order valence-corrected chi connectivity index (χ0v) is 13.1. The van der Waals surface area contributed by atoms with E-state index in [0.29, 0.717) is 6.04 Å². The zero-order valence-electron chi connectivity index (χ0n) is 12.3. The molecule has 0 fully saturated rings. The number of fused-ring (bicyclic) bond motifs is 2. The standard InChI is InChI=1S/C18H21ClN2/c1-20-10-4-6-13-11-14-5-2-3-7-17(14)21-18-9-8-15(19)12-16(13)18/h2-3,5,8-9,11-12,17,20-21H,4,6-7,10H2,1H3. The van der Waals surface area contributed by atoms with Gasteiger partial charge in [0.1, 0.15) is 0 Å². The quantitative estimate of drug-likeness (QED) is 0.805. The number of allylic oxidation sites excluding steroid dienone is 3. The second-order valence-electron chi connectivity index (χ2n) is 5.59. The predicted molar refractivity (Wildman–Crippen MR) is 91.8 cm³/mol. The average Bonchev–Trinajstić information content (AvgIpc) is 2.64. The van der Waals surface area contributed by atoms with Gasteiger partial charge in [0.2, 0.25) is 0 Å². The lowest BCUT2D eigenvalue weighted by atomic mass is 9.95. The molecule has 1 atom stereocenters. The van der Waals surface area contributed by atoms with Gasteiger partial charge in [0.15, 0.2) is 0 Å². The lowest BCUT2D eigenvalue weighted by molar-refractivity contribution is 0.741. The highest BCUT2D eigenvalue weighted by Gasteiger charge is 2.21. The van der Waals surface area contributed by atoms with Gasteiger partial charge in [-0.1, -0.05) is 35.9 Å². The second-order valence-corrected chi connectivity index (χ2v) is 6.03. The summed E-state index contributed by atoms with van der Waals surface area (Å²) in [6.45, 7) is 1.03. The summed E-state index contributed by atoms with van der Waals surface area (Å²) in [6.07, 6.45) is 12.2. The molecule has 0 radical (unpaired) electrons. The van der Waals surface area contributed by atoms with Crippen molar-refractivity contribution in [3.8, 4) is 0 Å². The number of anilines is 1. The summed E-state index contributed by atoms with van der Waals surface area (Å²) in [6, 6.07) is 6.52. The number of halogens is 1. The minimum atomic E-state index is 0.372. The Morgan fingerprint density at radius 3 is 3.14 bits per heavy atom. The molecule has 0 spiro atoms. The molecule has 1 aliphatic carbocycles. The number of hydrogen-bond donors (Lipinski definition) is 2. The highest BCUT2D eigenvalue weighted by Crippen LogP contribution is 2.36. The van der Waals surface area contributed by atoms with Crippen molar-refractivity contribution in [2.45, 2.75) is 25.3 Å². The van der Waals surface area contributed by atoms with Gasteiger partial charge in [0.05, 0.1) is 6.04 Å². The molecule has 1 aromatic rings. The summed E-state index contributed by atoms with van der Waals surface area (Å²) in [5.41, 5.74) is 5.18. The third-order valence-corrected chi connectivity index (χ3v) is 4.31. The largest absolute Gasteiger partial charge is 0.377 e. The van der Waals surface area contributed by atoms with Crippen molar-refractivity contribution in [1.29, 1.82) is 0 Å². The topological polar surface area (TPSA) is 24.1 Å². The van der Waals surface area contributed by atoms with Crippen LogP contribution in [0.5, 0.6) is 0 Å². The fraction of sp³-hybridized carbons (Fsp3) is 0.333. The van der Waals surface area contributed by atoms with Gasteiger partial charge in [-0.2, -0.15) is 0 Å². The van der Waals surface area contributed by atoms with E-state index in [1.807, 2.05) is 13.1 Å². The molecule has 1 heterocycles. The summed E-state index contributed by atoms with van der Waals surface area (Å²) in [7, 11) is 2.00. The van der Waals surface area contributed by atoms with Crippen LogP contribution in [0.2, 0.25) is 5.02 Å². The first kappa shape index (κ1) is 14.4. The van der Waals surface area contributed by atoms with Crippen molar-refractivity contribution in [3.05, 3.63) is 58.7 Å². The van der Waals surface area contributed by atoms with Gasteiger partial charge in [-0.15, -0.1) is 0 Å². The summed E-state index contributed by atoms with van der Waals surface area (Å²) in [5, 5.41) is 7.68. The number of nitrogens with one attached hydrogen (secondary N) is 2. The van der Waals surface area contributed by atoms with Crippen LogP contribution in [0.1, 0.15) is 24.8 Å². The van der Waals surface area contributed by atoms with Crippen molar-refractivity contribution in [3.63, 3.8) is 0 Å². The molecule has 21 heavy (non-hydrogen) atoms. The first-order chi connectivity index (χ1) is 10.3. The fourth-order valence-electron chi connectivity index (χ4n) is 2.97. The molecular weight excluding hydrogens is 280 g/mol. The van der Waals surface area contributed by atoms with Crippen molar-refractivity contribution in [2.24, 2.45) is 0 Å². The Labute approximate surface area is 131 Å². The third-order valence-electron chi connectivity index (χ3n) is 4.07. The minimum Gasteiger partial charge on any atom is -0.377 e. The van der Waals surface area contributed by atoms with E-state index in [2.05, 4.69) is 47.1 Å². The van der Waals surface area contributed by atoms with Gasteiger partial charge >= 0.3 is 0 Å². The monoisotopic (exact) mass is 300 g/mol. The van der Waals surface area contributed by atoms with Crippen LogP contribution in [0.15, 0.2) is 48.1 Å². The Balaban J connectivity index is 1.99. The maximum Gasteiger partial charge on any atom is 0.0548 e. The molecule has 1 aromatic carbocycles. The Morgan fingerprint density at radius 2 is 2.29 bits per heavy atom. The van der Waals surface area contributed by atoms with Gasteiger partial charge in [0.25, 0.3) is 0 Å². The molecular formula is C18H21ClN2. The Hall–Kier alpha value is -1.51. The van der Waals surface area contributed by atoms with Crippen LogP contribution in [-0.2, 0) is 0 Å². The van der Waals surface area contributed by atoms with E-state index in [9.17, 15) is 0 Å². The summed E-state index contributed by atoms with van der Waals surface area (Å²) < 4.78 is 0. The van der Waals surface area contributed by atoms with Crippen LogP contribution in [0.3, 0.4) is 0 Å². The van der Waals surface area contributed by atoms with E-state index < -0.39 is 0 Å². The molecule has 1 aliphatic heterocycles. The smallest absolute Gasteiger partial charge is 0.0548 e. The SMILES string of the molecule is CNCCCC1=CC2=CC=CCC2Nc2ccc(Cl)cc21. The Bertz CT molecular complexity index is 614. The highest BCUT2D eigenvalue weighted by molar-refractivity contribution is 6.30. The van der Waals surface area contributed by atoms with Crippen molar-refractivity contribution >= 4 is 22.9 Å². The molecule has 110 valence electrons. The lowest BCUT2D eigenvalue weighted by Crippen LogP contribution is -2.21. The Kier molecular flexibility index (Phi) is 4.47. The Morgan fingerprint density at radius 1 is 1.38 bits per heavy atom. The minimum absolute atomic E-state index is 0.372. The molecule has 2 nitrogen and oxygen atoms in total. The molecule has 0 amide bonds. The predicted octanol–water partition coefficient (Wildman–Crippen LogP) is 4.40. The van der Waals surface area contributed by atoms with Gasteiger partial charge in [0, 0.05) is 16.3 Å². The average molecular weight is 301 g/mol. The zero-order chi connectivity index (χ0) is 14.7. The van der Waals surface area contributed by atoms with Crippen molar-refractivity contribution in [1.82, 2.24) is 5.32 Å². The van der Waals surface area contributed by atoms with E-state index >= 15 is 0 Å². The second kappa shape index (κ2) is 6.50. The van der Waals surface area contributed by atoms with E-state index in [1.165, 1.54) is 22.4 Å². The maximum absolute atomic E-state index is 6.22. The molecule has 2 N–H and O–H groups in total. The van der Waals surface area contributed by atoms with Crippen LogP contribution in [0, 0.1) is 0 Å². The molecule has 3 heteroatoms. The van der Waals surface area contributed by atoms with Crippen molar-refractivity contribution in [2.75, 3.05) is 18.9 Å². The van der Waals surface area contributed by atoms with E-state index in [0.717, 1.165) is 30.8 Å². The lowest BCUT2D eigenvalue weighted by Gasteiger charge is -2.20. The summed E-state index contributed by atoms with van der Waals surface area (Å²) >= 11 is 6.22. The van der Waals surface area contributed by atoms with Crippen molar-refractivity contribution < 1.29 is 0 Å². The fourth-order valence-corrected chi connectivity index (χ4v) is 3.15. The number of rotatable bonds is 4. The molecule has 0 saturated carbocycles. The van der Waals surface area contributed by atoms with Gasteiger partial charge in [-0.05, 0) is 62.2 Å². The first-order valence-electron chi connectivity index (χ1n) is 7.56. The summed E-state index contributed by atoms with van der Waals surface area (Å²) in [5.74, 6) is 0. The number of benzene rings is 1. The summed E-state index contributed by atoms with van der Waals surface area (Å²) in [4.78, 5) is 0. The maximum atomic E-state index is 6.22. The number of hydrogen-bond acceptors (Lipinski definition) is 2. The van der Waals surface area contributed by atoms with Gasteiger partial charge in [-0.25, -0.2) is 0 Å². The van der Waals surface area contributed by atoms with E-state index in [-0.39, 0.29) is 0 Å². The third kappa shape index (κ3) is 3.22. The van der Waals surface area contributed by atoms with Crippen LogP contribution < -0.4 is 10.6 Å². The van der Waals surface area contributed by atoms with Gasteiger partial charge < -0.3 is 10.6 Å². The molecule has 2 aliphatic rings. The van der Waals surface area contributed by atoms with E-state index in [1.54, 1.807) is 0 Å². The van der Waals surface area contributed by atoms with Crippen LogP contribution in [0.4, 0.5) is 5.69 Å². The van der Waals surface area contributed by atoms with Crippen LogP contribution in [0.25, 0.3) is 5.57 Å². The molecule has 1 unspecified atom stereocenters. The van der Waals surface area contributed by atoms with Crippen LogP contribution >= 0.6 is 11.6 Å². The molecule has 0 bridgehead atoms. The van der Waals surface area contributed by atoms with Crippen LogP contribution in [-0.4, -0.2) is 19.6 Å². The first-order valence-corrected chi connectivity index (χ1v) is 7.94. The molecule has 0 saturated heterocycles. The molecule has 0 aromatic heterocycles. The van der Waals surface area contributed by atoms with Gasteiger partial charge in [-0.3, -0.25) is 0 Å². The van der Waals surface area contributed by atoms with E-state index in [4.69, 9.17) is 11.6 Å². The highest BCUT2D eigenvalue weighted by atomic mass is 35.5. The molecule has 3 rings (SSSR count).